The molecule has 3 aromatic carbocycles. The number of hydrogen-bond donors (Lipinski definition) is 0. The highest BCUT2D eigenvalue weighted by atomic mass is 16.5. The van der Waals surface area contributed by atoms with Crippen molar-refractivity contribution in [3.05, 3.63) is 71.8 Å². The van der Waals surface area contributed by atoms with Crippen LogP contribution in [0.2, 0.25) is 0 Å². The van der Waals surface area contributed by atoms with Crippen LogP contribution < -0.4 is 9.64 Å². The lowest BCUT2D eigenvalue weighted by Gasteiger charge is -2.31. The zero-order chi connectivity index (χ0) is 25.8. The van der Waals surface area contributed by atoms with Gasteiger partial charge < -0.3 is 9.47 Å². The Hall–Kier alpha value is -4.20. The van der Waals surface area contributed by atoms with Crippen molar-refractivity contribution in [3.63, 3.8) is 0 Å². The summed E-state index contributed by atoms with van der Waals surface area (Å²) >= 11 is 0. The fourth-order valence-corrected chi connectivity index (χ4v) is 6.68. The van der Waals surface area contributed by atoms with Crippen LogP contribution in [-0.4, -0.2) is 29.6 Å². The standard InChI is InChI=1S/C30H25N3O4/c1-2-29-13-14-30(37-29,15-16-36-21-10-7-19(17-31)8-11-21)26-25(29)27(34)33(28(26)35)24-12-9-20(18-32)22-5-3-4-6-23(22)24/h3-12,25-26H,2,13-16H2,1H3/t25-,26+,29?,30?/m1/s1. The van der Waals surface area contributed by atoms with E-state index in [1.54, 1.807) is 36.4 Å². The van der Waals surface area contributed by atoms with Gasteiger partial charge in [-0.15, -0.1) is 0 Å². The summed E-state index contributed by atoms with van der Waals surface area (Å²) in [5, 5.41) is 20.0. The summed E-state index contributed by atoms with van der Waals surface area (Å²) in [6.45, 7) is 2.35. The van der Waals surface area contributed by atoms with Gasteiger partial charge in [-0.25, -0.2) is 4.90 Å². The van der Waals surface area contributed by atoms with Crippen molar-refractivity contribution >= 4 is 28.3 Å². The normalized spacial score (nSPS) is 27.8. The third-order valence-electron chi connectivity index (χ3n) is 8.46. The van der Waals surface area contributed by atoms with E-state index in [4.69, 9.17) is 14.7 Å². The summed E-state index contributed by atoms with van der Waals surface area (Å²) in [7, 11) is 0. The molecule has 0 spiro atoms. The largest absolute Gasteiger partial charge is 0.493 e. The number of carbonyl (C=O) groups is 2. The Bertz CT molecular complexity index is 1520. The molecule has 37 heavy (non-hydrogen) atoms. The van der Waals surface area contributed by atoms with Gasteiger partial charge in [-0.1, -0.05) is 31.2 Å². The lowest BCUT2D eigenvalue weighted by Crippen LogP contribution is -2.43. The number of rotatable bonds is 6. The number of benzene rings is 3. The average molecular weight is 492 g/mol. The molecule has 7 heteroatoms. The Morgan fingerprint density at radius 1 is 0.919 bits per heavy atom. The molecular formula is C30H25N3O4. The van der Waals surface area contributed by atoms with Crippen molar-refractivity contribution in [3.8, 4) is 17.9 Å². The Morgan fingerprint density at radius 3 is 2.27 bits per heavy atom. The first-order valence-electron chi connectivity index (χ1n) is 12.6. The predicted octanol–water partition coefficient (Wildman–Crippen LogP) is 4.87. The van der Waals surface area contributed by atoms with Crippen molar-refractivity contribution < 1.29 is 19.1 Å². The van der Waals surface area contributed by atoms with Gasteiger partial charge in [0.05, 0.1) is 58.6 Å². The molecule has 6 rings (SSSR count). The molecule has 0 aliphatic carbocycles. The van der Waals surface area contributed by atoms with Gasteiger partial charge in [0.1, 0.15) is 5.75 Å². The number of fused-ring (bicyclic) bond motifs is 6. The highest BCUT2D eigenvalue weighted by Gasteiger charge is 2.74. The third kappa shape index (κ3) is 3.28. The molecular weight excluding hydrogens is 466 g/mol. The molecule has 3 aliphatic heterocycles. The second kappa shape index (κ2) is 8.44. The molecule has 0 saturated carbocycles. The van der Waals surface area contributed by atoms with E-state index in [2.05, 4.69) is 12.1 Å². The van der Waals surface area contributed by atoms with Gasteiger partial charge in [0.25, 0.3) is 0 Å². The fourth-order valence-electron chi connectivity index (χ4n) is 6.68. The highest BCUT2D eigenvalue weighted by molar-refractivity contribution is 6.26. The summed E-state index contributed by atoms with van der Waals surface area (Å²) in [6.07, 6.45) is 2.55. The van der Waals surface area contributed by atoms with E-state index in [0.717, 1.165) is 11.8 Å². The van der Waals surface area contributed by atoms with Crippen molar-refractivity contribution in [2.75, 3.05) is 11.5 Å². The molecule has 7 nitrogen and oxygen atoms in total. The summed E-state index contributed by atoms with van der Waals surface area (Å²) in [5.41, 5.74) is 0.152. The Labute approximate surface area is 214 Å². The molecule has 0 radical (unpaired) electrons. The van der Waals surface area contributed by atoms with Crippen molar-refractivity contribution in [1.82, 2.24) is 0 Å². The molecule has 3 aliphatic rings. The first-order valence-corrected chi connectivity index (χ1v) is 12.6. The van der Waals surface area contributed by atoms with E-state index in [0.29, 0.717) is 53.8 Å². The van der Waals surface area contributed by atoms with Crippen LogP contribution in [0, 0.1) is 34.5 Å². The first-order chi connectivity index (χ1) is 18.0. The monoisotopic (exact) mass is 491 g/mol. The summed E-state index contributed by atoms with van der Waals surface area (Å²) in [6, 6.07) is 22.0. The number of nitrogens with zero attached hydrogens (tertiary/aromatic N) is 3. The van der Waals surface area contributed by atoms with Crippen LogP contribution in [0.1, 0.15) is 43.7 Å². The smallest absolute Gasteiger partial charge is 0.240 e. The van der Waals surface area contributed by atoms with Gasteiger partial charge in [0, 0.05) is 17.2 Å². The average Bonchev–Trinajstić information content (AvgIpc) is 3.55. The van der Waals surface area contributed by atoms with Crippen LogP contribution in [0.15, 0.2) is 60.7 Å². The summed E-state index contributed by atoms with van der Waals surface area (Å²) in [4.78, 5) is 29.3. The summed E-state index contributed by atoms with van der Waals surface area (Å²) < 4.78 is 12.6. The molecule has 2 unspecified atom stereocenters. The van der Waals surface area contributed by atoms with Crippen LogP contribution >= 0.6 is 0 Å². The first kappa shape index (κ1) is 23.2. The number of carbonyl (C=O) groups excluding carboxylic acids is 2. The topological polar surface area (TPSA) is 103 Å². The number of amides is 2. The SMILES string of the molecule is CCC12CCC(CCOc3ccc(C#N)cc3)(O1)[C@@H]1C(=O)N(c3ccc(C#N)c4ccccc34)C(=O)[C@@H]12. The molecule has 0 N–H and O–H groups in total. The van der Waals surface area contributed by atoms with E-state index < -0.39 is 23.0 Å². The van der Waals surface area contributed by atoms with Gasteiger partial charge in [0.15, 0.2) is 0 Å². The van der Waals surface area contributed by atoms with Crippen LogP contribution in [0.25, 0.3) is 10.8 Å². The van der Waals surface area contributed by atoms with Crippen LogP contribution in [0.4, 0.5) is 5.69 Å². The molecule has 3 aromatic rings. The zero-order valence-corrected chi connectivity index (χ0v) is 20.4. The Morgan fingerprint density at radius 2 is 1.59 bits per heavy atom. The van der Waals surface area contributed by atoms with Gasteiger partial charge in [-0.05, 0) is 55.7 Å². The molecule has 0 aromatic heterocycles. The maximum absolute atomic E-state index is 14.0. The molecule has 3 heterocycles. The Balaban J connectivity index is 1.33. The minimum Gasteiger partial charge on any atom is -0.493 e. The number of imide groups is 1. The van der Waals surface area contributed by atoms with E-state index in [1.807, 2.05) is 31.2 Å². The van der Waals surface area contributed by atoms with E-state index >= 15 is 0 Å². The van der Waals surface area contributed by atoms with Crippen LogP contribution in [0.3, 0.4) is 0 Å². The third-order valence-corrected chi connectivity index (χ3v) is 8.46. The zero-order valence-electron chi connectivity index (χ0n) is 20.4. The molecule has 3 saturated heterocycles. The van der Waals surface area contributed by atoms with Crippen molar-refractivity contribution in [2.24, 2.45) is 11.8 Å². The minimum atomic E-state index is -0.767. The van der Waals surface area contributed by atoms with E-state index in [1.165, 1.54) is 4.90 Å². The van der Waals surface area contributed by atoms with Gasteiger partial charge in [-0.3, -0.25) is 9.59 Å². The van der Waals surface area contributed by atoms with Crippen LogP contribution in [0.5, 0.6) is 5.75 Å². The maximum Gasteiger partial charge on any atom is 0.240 e. The van der Waals surface area contributed by atoms with E-state index in [9.17, 15) is 14.9 Å². The second-order valence-corrected chi connectivity index (χ2v) is 10.1. The molecule has 184 valence electrons. The Kier molecular flexibility index (Phi) is 5.29. The van der Waals surface area contributed by atoms with Gasteiger partial charge in [-0.2, -0.15) is 10.5 Å². The lowest BCUT2D eigenvalue weighted by atomic mass is 9.66. The van der Waals surface area contributed by atoms with Gasteiger partial charge >= 0.3 is 0 Å². The van der Waals surface area contributed by atoms with Crippen molar-refractivity contribution in [1.29, 1.82) is 10.5 Å². The lowest BCUT2D eigenvalue weighted by molar-refractivity contribution is -0.132. The maximum atomic E-state index is 14.0. The molecule has 2 bridgehead atoms. The number of anilines is 1. The number of ether oxygens (including phenoxy) is 2. The minimum absolute atomic E-state index is 0.221. The van der Waals surface area contributed by atoms with Crippen LogP contribution in [-0.2, 0) is 14.3 Å². The molecule has 3 fully saturated rings. The predicted molar refractivity (Wildman–Crippen MR) is 135 cm³/mol. The quantitative estimate of drug-likeness (QED) is 0.456. The van der Waals surface area contributed by atoms with Gasteiger partial charge in [0.2, 0.25) is 11.8 Å². The molecule has 2 amide bonds. The van der Waals surface area contributed by atoms with Crippen molar-refractivity contribution in [2.45, 2.75) is 43.8 Å². The number of nitriles is 2. The fraction of sp³-hybridized carbons (Fsp3) is 0.333. The highest BCUT2D eigenvalue weighted by Crippen LogP contribution is 2.63. The molecule has 4 atom stereocenters. The number of hydrogen-bond acceptors (Lipinski definition) is 6. The van der Waals surface area contributed by atoms with E-state index in [-0.39, 0.29) is 11.8 Å². The summed E-state index contributed by atoms with van der Waals surface area (Å²) in [5.74, 6) is -0.931. The second-order valence-electron chi connectivity index (χ2n) is 10.1.